The van der Waals surface area contributed by atoms with Gasteiger partial charge in [0.2, 0.25) is 5.91 Å². The van der Waals surface area contributed by atoms with E-state index in [0.717, 1.165) is 12.8 Å². The third-order valence-corrected chi connectivity index (χ3v) is 4.85. The number of hydrogen-bond acceptors (Lipinski definition) is 2. The van der Waals surface area contributed by atoms with Crippen molar-refractivity contribution in [2.24, 2.45) is 11.8 Å². The molecule has 3 amide bonds. The monoisotopic (exact) mass is 369 g/mol. The number of carbonyl (C=O) groups is 2. The quantitative estimate of drug-likeness (QED) is 0.741. The fourth-order valence-electron chi connectivity index (χ4n) is 3.29. The third kappa shape index (κ3) is 4.89. The Balaban J connectivity index is 1.57. The second-order valence-electron chi connectivity index (χ2n) is 6.98. The molecule has 1 aromatic rings. The van der Waals surface area contributed by atoms with E-state index in [0.29, 0.717) is 24.2 Å². The van der Waals surface area contributed by atoms with E-state index in [9.17, 15) is 22.8 Å². The number of anilines is 2. The van der Waals surface area contributed by atoms with E-state index in [-0.39, 0.29) is 24.9 Å². The van der Waals surface area contributed by atoms with Crippen LogP contribution in [-0.2, 0) is 4.79 Å². The Morgan fingerprint density at radius 1 is 0.885 bits per heavy atom. The minimum absolute atomic E-state index is 0.000546. The van der Waals surface area contributed by atoms with Crippen LogP contribution in [0.5, 0.6) is 0 Å². The lowest BCUT2D eigenvalue weighted by molar-refractivity contribution is -0.197. The number of halogens is 3. The lowest BCUT2D eigenvalue weighted by atomic mass is 9.78. The Morgan fingerprint density at radius 2 is 1.46 bits per heavy atom. The highest BCUT2D eigenvalue weighted by Crippen LogP contribution is 2.41. The van der Waals surface area contributed by atoms with Gasteiger partial charge < -0.3 is 16.0 Å². The predicted octanol–water partition coefficient (Wildman–Crippen LogP) is 4.28. The molecule has 0 spiro atoms. The molecule has 2 saturated carbocycles. The van der Waals surface area contributed by atoms with Crippen LogP contribution in [0, 0.1) is 11.8 Å². The molecule has 8 heteroatoms. The van der Waals surface area contributed by atoms with Crippen LogP contribution in [0.15, 0.2) is 24.3 Å². The predicted molar refractivity (Wildman–Crippen MR) is 91.8 cm³/mol. The minimum Gasteiger partial charge on any atom is -0.335 e. The van der Waals surface area contributed by atoms with Crippen molar-refractivity contribution < 1.29 is 22.8 Å². The lowest BCUT2D eigenvalue weighted by Gasteiger charge is -2.32. The van der Waals surface area contributed by atoms with Crippen molar-refractivity contribution in [2.75, 3.05) is 10.6 Å². The zero-order chi connectivity index (χ0) is 18.7. The number of hydrogen-bond donors (Lipinski definition) is 3. The normalized spacial score (nSPS) is 23.2. The Labute approximate surface area is 149 Å². The average Bonchev–Trinajstić information content (AvgIpc) is 3.39. The Bertz CT molecular complexity index is 657. The summed E-state index contributed by atoms with van der Waals surface area (Å²) < 4.78 is 39.4. The first-order valence-corrected chi connectivity index (χ1v) is 8.88. The molecule has 26 heavy (non-hydrogen) atoms. The van der Waals surface area contributed by atoms with Crippen molar-refractivity contribution >= 4 is 23.3 Å². The number of amides is 3. The molecular weight excluding hydrogens is 347 g/mol. The number of urea groups is 1. The number of nitrogens with one attached hydrogen (secondary N) is 3. The molecule has 0 radical (unpaired) electrons. The van der Waals surface area contributed by atoms with Crippen LogP contribution in [0.4, 0.5) is 29.3 Å². The maximum Gasteiger partial charge on any atom is 0.392 e. The van der Waals surface area contributed by atoms with Crippen molar-refractivity contribution in [1.29, 1.82) is 0 Å². The first-order valence-electron chi connectivity index (χ1n) is 8.88. The smallest absolute Gasteiger partial charge is 0.335 e. The molecule has 0 saturated heterocycles. The van der Waals surface area contributed by atoms with Crippen LogP contribution < -0.4 is 16.0 Å². The van der Waals surface area contributed by atoms with Crippen molar-refractivity contribution in [3.63, 3.8) is 0 Å². The van der Waals surface area contributed by atoms with Crippen molar-refractivity contribution in [3.8, 4) is 0 Å². The molecule has 142 valence electrons. The maximum atomic E-state index is 13.1. The van der Waals surface area contributed by atoms with Gasteiger partial charge in [0, 0.05) is 23.3 Å². The second-order valence-corrected chi connectivity index (χ2v) is 6.98. The largest absolute Gasteiger partial charge is 0.392 e. The first kappa shape index (κ1) is 18.5. The molecule has 2 atom stereocenters. The first-order chi connectivity index (χ1) is 12.3. The van der Waals surface area contributed by atoms with E-state index in [1.165, 1.54) is 0 Å². The SMILES string of the molecule is O=C(Nc1ccc(NC(=O)[C@H]2CCCC[C@@H]2C(F)(F)F)cc1)NC1CC1. The fourth-order valence-corrected chi connectivity index (χ4v) is 3.29. The van der Waals surface area contributed by atoms with E-state index in [1.807, 2.05) is 0 Å². The van der Waals surface area contributed by atoms with Gasteiger partial charge >= 0.3 is 12.2 Å². The van der Waals surface area contributed by atoms with E-state index in [2.05, 4.69) is 16.0 Å². The highest BCUT2D eigenvalue weighted by Gasteiger charge is 2.48. The molecular formula is C18H22F3N3O2. The molecule has 0 bridgehead atoms. The molecule has 1 aromatic carbocycles. The van der Waals surface area contributed by atoms with E-state index >= 15 is 0 Å². The van der Waals surface area contributed by atoms with Gasteiger partial charge in [-0.25, -0.2) is 4.79 Å². The molecule has 3 N–H and O–H groups in total. The second kappa shape index (κ2) is 7.55. The van der Waals surface area contributed by atoms with Crippen LogP contribution in [0.25, 0.3) is 0 Å². The lowest BCUT2D eigenvalue weighted by Crippen LogP contribution is -2.39. The zero-order valence-electron chi connectivity index (χ0n) is 14.2. The maximum absolute atomic E-state index is 13.1. The van der Waals surface area contributed by atoms with Gasteiger partial charge in [-0.05, 0) is 49.9 Å². The molecule has 0 unspecified atom stereocenters. The fraction of sp³-hybridized carbons (Fsp3) is 0.556. The van der Waals surface area contributed by atoms with Crippen LogP contribution in [0.3, 0.4) is 0 Å². The highest BCUT2D eigenvalue weighted by atomic mass is 19.4. The molecule has 2 aliphatic rings. The summed E-state index contributed by atoms with van der Waals surface area (Å²) in [7, 11) is 0. The molecule has 3 rings (SSSR count). The molecule has 0 aliphatic heterocycles. The van der Waals surface area contributed by atoms with Gasteiger partial charge in [0.25, 0.3) is 0 Å². The number of rotatable bonds is 4. The van der Waals surface area contributed by atoms with Crippen LogP contribution in [0.2, 0.25) is 0 Å². The van der Waals surface area contributed by atoms with Gasteiger partial charge in [0.05, 0.1) is 5.92 Å². The molecule has 0 heterocycles. The van der Waals surface area contributed by atoms with E-state index in [1.54, 1.807) is 24.3 Å². The van der Waals surface area contributed by atoms with Gasteiger partial charge in [-0.3, -0.25) is 4.79 Å². The van der Waals surface area contributed by atoms with E-state index < -0.39 is 23.9 Å². The molecule has 2 fully saturated rings. The third-order valence-electron chi connectivity index (χ3n) is 4.85. The molecule has 0 aromatic heterocycles. The van der Waals surface area contributed by atoms with Crippen LogP contribution >= 0.6 is 0 Å². The van der Waals surface area contributed by atoms with Crippen molar-refractivity contribution in [1.82, 2.24) is 5.32 Å². The van der Waals surface area contributed by atoms with Crippen LogP contribution in [0.1, 0.15) is 38.5 Å². The summed E-state index contributed by atoms with van der Waals surface area (Å²) in [4.78, 5) is 24.0. The number of carbonyl (C=O) groups excluding carboxylic acids is 2. The topological polar surface area (TPSA) is 70.2 Å². The number of benzene rings is 1. The van der Waals surface area contributed by atoms with Gasteiger partial charge in [-0.2, -0.15) is 13.2 Å². The summed E-state index contributed by atoms with van der Waals surface area (Å²) in [5.41, 5.74) is 0.960. The molecule has 2 aliphatic carbocycles. The van der Waals surface area contributed by atoms with Gasteiger partial charge in [-0.1, -0.05) is 12.8 Å². The summed E-state index contributed by atoms with van der Waals surface area (Å²) in [6.45, 7) is 0. The average molecular weight is 369 g/mol. The van der Waals surface area contributed by atoms with Crippen LogP contribution in [-0.4, -0.2) is 24.2 Å². The van der Waals surface area contributed by atoms with Gasteiger partial charge in [0.15, 0.2) is 0 Å². The number of alkyl halides is 3. The Hall–Kier alpha value is -2.25. The standard InChI is InChI=1S/C18H22F3N3O2/c19-18(20,21)15-4-2-1-3-14(15)16(25)22-11-5-7-12(8-6-11)23-17(26)24-13-9-10-13/h5-8,13-15H,1-4,9-10H2,(H,22,25)(H2,23,24,26)/t14-,15-/m0/s1. The van der Waals surface area contributed by atoms with E-state index in [4.69, 9.17) is 0 Å². The highest BCUT2D eigenvalue weighted by molar-refractivity contribution is 5.94. The molecule has 5 nitrogen and oxygen atoms in total. The Kier molecular flexibility index (Phi) is 5.38. The summed E-state index contributed by atoms with van der Waals surface area (Å²) in [6.07, 6.45) is -1.01. The zero-order valence-corrected chi connectivity index (χ0v) is 14.2. The Morgan fingerprint density at radius 3 is 2.04 bits per heavy atom. The summed E-state index contributed by atoms with van der Waals surface area (Å²) in [5.74, 6) is -3.23. The van der Waals surface area contributed by atoms with Crippen molar-refractivity contribution in [2.45, 2.75) is 50.7 Å². The van der Waals surface area contributed by atoms with Gasteiger partial charge in [0.1, 0.15) is 0 Å². The van der Waals surface area contributed by atoms with Crippen molar-refractivity contribution in [3.05, 3.63) is 24.3 Å². The van der Waals surface area contributed by atoms with Gasteiger partial charge in [-0.15, -0.1) is 0 Å². The summed E-state index contributed by atoms with van der Waals surface area (Å²) in [6, 6.07) is 6.28. The minimum atomic E-state index is -4.36. The summed E-state index contributed by atoms with van der Waals surface area (Å²) >= 11 is 0. The summed E-state index contributed by atoms with van der Waals surface area (Å²) in [5, 5.41) is 8.03.